The fourth-order valence-electron chi connectivity index (χ4n) is 1.45. The molecule has 0 aromatic heterocycles. The maximum absolute atomic E-state index is 11.0. The number of carboxylic acids is 1. The van der Waals surface area contributed by atoms with Crippen LogP contribution >= 0.6 is 0 Å². The molecular weight excluding hydrogens is 240 g/mol. The van der Waals surface area contributed by atoms with Crippen LogP contribution in [0.1, 0.15) is 23.7 Å². The number of rotatable bonds is 6. The van der Waals surface area contributed by atoms with Gasteiger partial charge >= 0.3 is 5.97 Å². The fourth-order valence-corrected chi connectivity index (χ4v) is 1.45. The third-order valence-corrected chi connectivity index (χ3v) is 2.52. The molecule has 18 heavy (non-hydrogen) atoms. The summed E-state index contributed by atoms with van der Waals surface area (Å²) in [7, 11) is 0. The van der Waals surface area contributed by atoms with Gasteiger partial charge in [-0.05, 0) is 12.5 Å². The number of nitrogens with one attached hydrogen (secondary N) is 1. The molecule has 7 nitrogen and oxygen atoms in total. The van der Waals surface area contributed by atoms with Crippen molar-refractivity contribution in [3.05, 3.63) is 33.9 Å². The number of anilines is 1. The molecule has 1 rings (SSSR count). The lowest BCUT2D eigenvalue weighted by Crippen LogP contribution is -2.24. The van der Waals surface area contributed by atoms with Crippen LogP contribution in [0, 0.1) is 10.1 Å². The number of carbonyl (C=O) groups is 1. The maximum atomic E-state index is 11.0. The van der Waals surface area contributed by atoms with Crippen LogP contribution < -0.4 is 5.32 Å². The highest BCUT2D eigenvalue weighted by Gasteiger charge is 2.17. The van der Waals surface area contributed by atoms with Crippen LogP contribution in [0.25, 0.3) is 0 Å². The number of nitro benzene ring substituents is 1. The number of carboxylic acid groups (broad SMARTS) is 1. The normalized spacial score (nSPS) is 11.9. The summed E-state index contributed by atoms with van der Waals surface area (Å²) in [5.41, 5.74) is -0.125. The molecule has 0 bridgehead atoms. The first-order valence-electron chi connectivity index (χ1n) is 5.38. The first-order chi connectivity index (χ1) is 8.49. The average Bonchev–Trinajstić information content (AvgIpc) is 2.35. The van der Waals surface area contributed by atoms with Crippen molar-refractivity contribution >= 4 is 17.3 Å². The monoisotopic (exact) mass is 254 g/mol. The van der Waals surface area contributed by atoms with Gasteiger partial charge in [0.2, 0.25) is 0 Å². The van der Waals surface area contributed by atoms with Gasteiger partial charge in [0.1, 0.15) is 0 Å². The van der Waals surface area contributed by atoms with Crippen LogP contribution in [0.5, 0.6) is 0 Å². The maximum Gasteiger partial charge on any atom is 0.337 e. The van der Waals surface area contributed by atoms with Gasteiger partial charge in [-0.25, -0.2) is 4.79 Å². The van der Waals surface area contributed by atoms with Crippen molar-refractivity contribution in [1.29, 1.82) is 0 Å². The highest BCUT2D eigenvalue weighted by atomic mass is 16.6. The van der Waals surface area contributed by atoms with Crippen LogP contribution in [0.15, 0.2) is 18.2 Å². The molecule has 0 radical (unpaired) electrons. The molecule has 1 aromatic carbocycles. The topological polar surface area (TPSA) is 113 Å². The second kappa shape index (κ2) is 5.97. The Morgan fingerprint density at radius 3 is 2.67 bits per heavy atom. The number of aliphatic hydroxyl groups is 1. The summed E-state index contributed by atoms with van der Waals surface area (Å²) in [6.45, 7) is 1.63. The average molecular weight is 254 g/mol. The zero-order chi connectivity index (χ0) is 13.7. The van der Waals surface area contributed by atoms with Crippen molar-refractivity contribution < 1.29 is 19.9 Å². The Hall–Kier alpha value is -2.15. The van der Waals surface area contributed by atoms with E-state index in [0.29, 0.717) is 6.42 Å². The first kappa shape index (κ1) is 13.9. The minimum absolute atomic E-state index is 0.0625. The van der Waals surface area contributed by atoms with E-state index in [4.69, 9.17) is 10.2 Å². The lowest BCUT2D eigenvalue weighted by Gasteiger charge is -2.16. The number of nitro groups is 1. The van der Waals surface area contributed by atoms with E-state index in [1.54, 1.807) is 0 Å². The number of hydrogen-bond donors (Lipinski definition) is 3. The standard InChI is InChI=1S/C11H14N2O5/c1-2-7(6-14)12-10-5-8(13(17)18)3-4-9(10)11(15)16/h3-5,7,12,14H,2,6H2,1H3,(H,15,16). The number of benzene rings is 1. The number of aliphatic hydroxyl groups excluding tert-OH is 1. The molecule has 0 saturated carbocycles. The molecule has 7 heteroatoms. The summed E-state index contributed by atoms with van der Waals surface area (Å²) in [4.78, 5) is 21.0. The van der Waals surface area contributed by atoms with Crippen molar-refractivity contribution in [2.75, 3.05) is 11.9 Å². The second-order valence-electron chi connectivity index (χ2n) is 3.72. The predicted octanol–water partition coefficient (Wildman–Crippen LogP) is 1.48. The summed E-state index contributed by atoms with van der Waals surface area (Å²) in [6, 6.07) is 3.12. The summed E-state index contributed by atoms with van der Waals surface area (Å²) < 4.78 is 0. The summed E-state index contributed by atoms with van der Waals surface area (Å²) in [6.07, 6.45) is 0.568. The van der Waals surface area contributed by atoms with Gasteiger partial charge < -0.3 is 15.5 Å². The third-order valence-electron chi connectivity index (χ3n) is 2.52. The van der Waals surface area contributed by atoms with Crippen LogP contribution in [0.2, 0.25) is 0 Å². The smallest absolute Gasteiger partial charge is 0.337 e. The van der Waals surface area contributed by atoms with E-state index in [2.05, 4.69) is 5.32 Å². The molecule has 0 saturated heterocycles. The van der Waals surface area contributed by atoms with Crippen molar-refractivity contribution in [3.8, 4) is 0 Å². The van der Waals surface area contributed by atoms with Crippen molar-refractivity contribution in [2.45, 2.75) is 19.4 Å². The molecule has 3 N–H and O–H groups in total. The minimum Gasteiger partial charge on any atom is -0.478 e. The molecule has 0 fully saturated rings. The number of hydrogen-bond acceptors (Lipinski definition) is 5. The third kappa shape index (κ3) is 3.17. The quantitative estimate of drug-likeness (QED) is 0.523. The predicted molar refractivity (Wildman–Crippen MR) is 64.8 cm³/mol. The Morgan fingerprint density at radius 2 is 2.22 bits per heavy atom. The van der Waals surface area contributed by atoms with Crippen LogP contribution in [0.4, 0.5) is 11.4 Å². The first-order valence-corrected chi connectivity index (χ1v) is 5.38. The molecular formula is C11H14N2O5. The fraction of sp³-hybridized carbons (Fsp3) is 0.364. The molecule has 0 heterocycles. The SMILES string of the molecule is CCC(CO)Nc1cc([N+](=O)[O-])ccc1C(=O)O. The lowest BCUT2D eigenvalue weighted by molar-refractivity contribution is -0.384. The van der Waals surface area contributed by atoms with Gasteiger partial charge in [0, 0.05) is 18.2 Å². The molecule has 0 aliphatic rings. The number of non-ortho nitro benzene ring substituents is 1. The highest BCUT2D eigenvalue weighted by molar-refractivity contribution is 5.94. The Kier molecular flexibility index (Phi) is 4.61. The van der Waals surface area contributed by atoms with E-state index in [9.17, 15) is 14.9 Å². The summed E-state index contributed by atoms with van der Waals surface area (Å²) >= 11 is 0. The molecule has 98 valence electrons. The van der Waals surface area contributed by atoms with E-state index >= 15 is 0 Å². The van der Waals surface area contributed by atoms with Crippen molar-refractivity contribution in [1.82, 2.24) is 0 Å². The Balaban J connectivity index is 3.14. The van der Waals surface area contributed by atoms with E-state index in [0.717, 1.165) is 12.1 Å². The van der Waals surface area contributed by atoms with Crippen molar-refractivity contribution in [3.63, 3.8) is 0 Å². The molecule has 1 unspecified atom stereocenters. The molecule has 0 amide bonds. The molecule has 1 aromatic rings. The number of aromatic carboxylic acids is 1. The van der Waals surface area contributed by atoms with Crippen LogP contribution in [0.3, 0.4) is 0 Å². The van der Waals surface area contributed by atoms with Gasteiger partial charge in [0.05, 0.1) is 22.8 Å². The molecule has 0 spiro atoms. The largest absolute Gasteiger partial charge is 0.478 e. The molecule has 0 aliphatic carbocycles. The van der Waals surface area contributed by atoms with Gasteiger partial charge in [-0.1, -0.05) is 6.92 Å². The Morgan fingerprint density at radius 1 is 1.56 bits per heavy atom. The van der Waals surface area contributed by atoms with E-state index in [1.165, 1.54) is 6.07 Å². The van der Waals surface area contributed by atoms with Gasteiger partial charge in [-0.3, -0.25) is 10.1 Å². The second-order valence-corrected chi connectivity index (χ2v) is 3.72. The number of nitrogens with zero attached hydrogens (tertiary/aromatic N) is 1. The summed E-state index contributed by atoms with van der Waals surface area (Å²) in [5, 5.41) is 31.5. The zero-order valence-corrected chi connectivity index (χ0v) is 9.79. The zero-order valence-electron chi connectivity index (χ0n) is 9.79. The van der Waals surface area contributed by atoms with E-state index in [-0.39, 0.29) is 29.6 Å². The van der Waals surface area contributed by atoms with Crippen LogP contribution in [-0.4, -0.2) is 33.8 Å². The van der Waals surface area contributed by atoms with E-state index in [1.807, 2.05) is 6.92 Å². The van der Waals surface area contributed by atoms with E-state index < -0.39 is 10.9 Å². The van der Waals surface area contributed by atoms with Gasteiger partial charge in [-0.15, -0.1) is 0 Å². The van der Waals surface area contributed by atoms with Gasteiger partial charge in [0.15, 0.2) is 0 Å². The van der Waals surface area contributed by atoms with Gasteiger partial charge in [0.25, 0.3) is 5.69 Å². The summed E-state index contributed by atoms with van der Waals surface area (Å²) in [5.74, 6) is -1.18. The highest BCUT2D eigenvalue weighted by Crippen LogP contribution is 2.23. The molecule has 0 aliphatic heterocycles. The lowest BCUT2D eigenvalue weighted by atomic mass is 10.1. The van der Waals surface area contributed by atoms with Crippen molar-refractivity contribution in [2.24, 2.45) is 0 Å². The molecule has 1 atom stereocenters. The Bertz CT molecular complexity index is 457. The Labute approximate surface area is 103 Å². The van der Waals surface area contributed by atoms with Crippen LogP contribution in [-0.2, 0) is 0 Å². The minimum atomic E-state index is -1.18. The van der Waals surface area contributed by atoms with Gasteiger partial charge in [-0.2, -0.15) is 0 Å².